The van der Waals surface area contributed by atoms with Crippen molar-refractivity contribution in [2.45, 2.75) is 18.6 Å². The fourth-order valence-corrected chi connectivity index (χ4v) is 1.76. The molecule has 2 atom stereocenters. The molecule has 0 heterocycles. The van der Waals surface area contributed by atoms with E-state index in [1.165, 1.54) is 7.11 Å². The lowest BCUT2D eigenvalue weighted by Crippen LogP contribution is -2.23. The molecule has 1 aromatic carbocycles. The van der Waals surface area contributed by atoms with E-state index in [0.717, 1.165) is 0 Å². The maximum Gasteiger partial charge on any atom is 0.119 e. The second-order valence-corrected chi connectivity index (χ2v) is 4.20. The van der Waals surface area contributed by atoms with Gasteiger partial charge in [-0.1, -0.05) is 11.6 Å². The highest BCUT2D eigenvalue weighted by atomic mass is 35.5. The van der Waals surface area contributed by atoms with Crippen LogP contribution >= 0.6 is 11.6 Å². The maximum atomic E-state index is 10.00. The lowest BCUT2D eigenvalue weighted by atomic mass is 10.0. The molecule has 0 amide bonds. The summed E-state index contributed by atoms with van der Waals surface area (Å²) in [6, 6.07) is 4.98. The molecule has 0 spiro atoms. The SMILES string of the molecule is CNCCC(O)C(O)c1cc(OC)ccc1Cl. The van der Waals surface area contributed by atoms with Crippen molar-refractivity contribution in [1.82, 2.24) is 5.32 Å². The highest BCUT2D eigenvalue weighted by Crippen LogP contribution is 2.29. The minimum absolute atomic E-state index is 0.418. The third-order valence-electron chi connectivity index (χ3n) is 2.58. The molecule has 0 bridgehead atoms. The molecule has 4 nitrogen and oxygen atoms in total. The summed E-state index contributed by atoms with van der Waals surface area (Å²) in [5, 5.41) is 23.1. The summed E-state index contributed by atoms with van der Waals surface area (Å²) in [4.78, 5) is 0. The molecule has 0 aliphatic heterocycles. The molecule has 0 aromatic heterocycles. The number of ether oxygens (including phenoxy) is 1. The molecule has 0 fully saturated rings. The van der Waals surface area contributed by atoms with E-state index in [-0.39, 0.29) is 0 Å². The zero-order chi connectivity index (χ0) is 12.8. The normalized spacial score (nSPS) is 14.4. The van der Waals surface area contributed by atoms with Gasteiger partial charge >= 0.3 is 0 Å². The summed E-state index contributed by atoms with van der Waals surface area (Å²) in [5.41, 5.74) is 0.481. The minimum atomic E-state index is -1.01. The second-order valence-electron chi connectivity index (χ2n) is 3.79. The Hall–Kier alpha value is -0.810. The molecule has 1 aromatic rings. The van der Waals surface area contributed by atoms with Gasteiger partial charge in [0.2, 0.25) is 0 Å². The van der Waals surface area contributed by atoms with Crippen molar-refractivity contribution < 1.29 is 14.9 Å². The monoisotopic (exact) mass is 259 g/mol. The first-order chi connectivity index (χ1) is 8.10. The summed E-state index contributed by atoms with van der Waals surface area (Å²) < 4.78 is 5.06. The number of hydrogen-bond donors (Lipinski definition) is 3. The van der Waals surface area contributed by atoms with Crippen LogP contribution in [0, 0.1) is 0 Å². The lowest BCUT2D eigenvalue weighted by Gasteiger charge is -2.19. The Morgan fingerprint density at radius 2 is 2.12 bits per heavy atom. The van der Waals surface area contributed by atoms with Gasteiger partial charge in [0.1, 0.15) is 11.9 Å². The van der Waals surface area contributed by atoms with E-state index in [9.17, 15) is 10.2 Å². The van der Waals surface area contributed by atoms with Gasteiger partial charge in [-0.3, -0.25) is 0 Å². The van der Waals surface area contributed by atoms with Crippen molar-refractivity contribution in [2.75, 3.05) is 20.7 Å². The van der Waals surface area contributed by atoms with Crippen molar-refractivity contribution in [2.24, 2.45) is 0 Å². The molecular formula is C12H18ClNO3. The van der Waals surface area contributed by atoms with Gasteiger partial charge in [-0.15, -0.1) is 0 Å². The van der Waals surface area contributed by atoms with Gasteiger partial charge in [-0.25, -0.2) is 0 Å². The fourth-order valence-electron chi connectivity index (χ4n) is 1.53. The van der Waals surface area contributed by atoms with Gasteiger partial charge in [0.15, 0.2) is 0 Å². The van der Waals surface area contributed by atoms with Crippen molar-refractivity contribution in [3.63, 3.8) is 0 Å². The summed E-state index contributed by atoms with van der Waals surface area (Å²) in [6.07, 6.45) is -1.41. The van der Waals surface area contributed by atoms with Gasteiger partial charge in [-0.2, -0.15) is 0 Å². The third-order valence-corrected chi connectivity index (χ3v) is 2.92. The number of halogens is 1. The number of methoxy groups -OCH3 is 1. The van der Waals surface area contributed by atoms with Crippen LogP contribution in [0.2, 0.25) is 5.02 Å². The Labute approximate surface area is 106 Å². The molecule has 0 saturated carbocycles. The first-order valence-electron chi connectivity index (χ1n) is 5.44. The molecule has 2 unspecified atom stereocenters. The minimum Gasteiger partial charge on any atom is -0.497 e. The molecule has 0 saturated heterocycles. The molecule has 96 valence electrons. The van der Waals surface area contributed by atoms with E-state index in [1.54, 1.807) is 25.2 Å². The van der Waals surface area contributed by atoms with Crippen LogP contribution in [-0.2, 0) is 0 Å². The average Bonchev–Trinajstić information content (AvgIpc) is 2.35. The van der Waals surface area contributed by atoms with Gasteiger partial charge in [0, 0.05) is 10.6 Å². The Balaban J connectivity index is 2.82. The van der Waals surface area contributed by atoms with Crippen LogP contribution in [0.15, 0.2) is 18.2 Å². The van der Waals surface area contributed by atoms with E-state index in [2.05, 4.69) is 5.32 Å². The number of hydrogen-bond acceptors (Lipinski definition) is 4. The van der Waals surface area contributed by atoms with Crippen LogP contribution in [0.4, 0.5) is 0 Å². The van der Waals surface area contributed by atoms with Crippen LogP contribution in [0.3, 0.4) is 0 Å². The van der Waals surface area contributed by atoms with Crippen LogP contribution in [0.25, 0.3) is 0 Å². The van der Waals surface area contributed by atoms with Gasteiger partial charge in [0.25, 0.3) is 0 Å². The second kappa shape index (κ2) is 6.81. The quantitative estimate of drug-likeness (QED) is 0.722. The standard InChI is InChI=1S/C12H18ClNO3/c1-14-6-5-11(15)12(16)9-7-8(17-2)3-4-10(9)13/h3-4,7,11-12,14-16H,5-6H2,1-2H3. The van der Waals surface area contributed by atoms with Crippen LogP contribution in [0.5, 0.6) is 5.75 Å². The summed E-state index contributed by atoms with van der Waals surface area (Å²) in [6.45, 7) is 0.625. The van der Waals surface area contributed by atoms with Gasteiger partial charge < -0.3 is 20.3 Å². The van der Waals surface area contributed by atoms with E-state index in [4.69, 9.17) is 16.3 Å². The Morgan fingerprint density at radius 1 is 1.41 bits per heavy atom. The van der Waals surface area contributed by atoms with E-state index in [1.807, 2.05) is 0 Å². The summed E-state index contributed by atoms with van der Waals surface area (Å²) >= 11 is 5.98. The number of benzene rings is 1. The predicted molar refractivity (Wildman–Crippen MR) is 67.5 cm³/mol. The topological polar surface area (TPSA) is 61.7 Å². The average molecular weight is 260 g/mol. The summed E-state index contributed by atoms with van der Waals surface area (Å²) in [7, 11) is 3.33. The van der Waals surface area contributed by atoms with Gasteiger partial charge in [0.05, 0.1) is 13.2 Å². The smallest absolute Gasteiger partial charge is 0.119 e. The number of nitrogens with one attached hydrogen (secondary N) is 1. The van der Waals surface area contributed by atoms with Crippen molar-refractivity contribution in [1.29, 1.82) is 0 Å². The molecule has 0 radical (unpaired) electrons. The largest absolute Gasteiger partial charge is 0.497 e. The predicted octanol–water partition coefficient (Wildman–Crippen LogP) is 1.35. The highest BCUT2D eigenvalue weighted by molar-refractivity contribution is 6.31. The molecule has 0 aliphatic rings. The third kappa shape index (κ3) is 3.85. The van der Waals surface area contributed by atoms with E-state index >= 15 is 0 Å². The van der Waals surface area contributed by atoms with Crippen molar-refractivity contribution >= 4 is 11.6 Å². The number of aliphatic hydroxyl groups is 2. The molecule has 5 heteroatoms. The van der Waals surface area contributed by atoms with Crippen LogP contribution < -0.4 is 10.1 Å². The zero-order valence-corrected chi connectivity index (χ0v) is 10.7. The molecule has 3 N–H and O–H groups in total. The van der Waals surface area contributed by atoms with Crippen LogP contribution in [-0.4, -0.2) is 37.0 Å². The Kier molecular flexibility index (Phi) is 5.71. The molecule has 1 rings (SSSR count). The van der Waals surface area contributed by atoms with Gasteiger partial charge in [-0.05, 0) is 38.2 Å². The van der Waals surface area contributed by atoms with E-state index in [0.29, 0.717) is 29.3 Å². The number of aliphatic hydroxyl groups excluding tert-OH is 2. The Morgan fingerprint density at radius 3 is 2.71 bits per heavy atom. The van der Waals surface area contributed by atoms with Crippen molar-refractivity contribution in [3.8, 4) is 5.75 Å². The lowest BCUT2D eigenvalue weighted by molar-refractivity contribution is 0.0140. The Bertz CT molecular complexity index is 360. The summed E-state index contributed by atoms with van der Waals surface area (Å²) in [5.74, 6) is 0.601. The zero-order valence-electron chi connectivity index (χ0n) is 9.98. The first kappa shape index (κ1) is 14.3. The molecule has 17 heavy (non-hydrogen) atoms. The maximum absolute atomic E-state index is 10.00. The highest BCUT2D eigenvalue weighted by Gasteiger charge is 2.20. The fraction of sp³-hybridized carbons (Fsp3) is 0.500. The van der Waals surface area contributed by atoms with E-state index < -0.39 is 12.2 Å². The first-order valence-corrected chi connectivity index (χ1v) is 5.82. The molecule has 0 aliphatic carbocycles. The molecular weight excluding hydrogens is 242 g/mol. The van der Waals surface area contributed by atoms with Crippen molar-refractivity contribution in [3.05, 3.63) is 28.8 Å². The van der Waals surface area contributed by atoms with Crippen LogP contribution in [0.1, 0.15) is 18.1 Å². The number of rotatable bonds is 6.